The van der Waals surface area contributed by atoms with Crippen molar-refractivity contribution in [3.63, 3.8) is 0 Å². The summed E-state index contributed by atoms with van der Waals surface area (Å²) in [5.74, 6) is 1.74. The maximum atomic E-state index is 11.9. The molecule has 1 fully saturated rings. The number of sulfonamides is 1. The van der Waals surface area contributed by atoms with Gasteiger partial charge >= 0.3 is 0 Å². The number of fused-ring (bicyclic) bond motifs is 2. The van der Waals surface area contributed by atoms with E-state index in [1.165, 1.54) is 4.31 Å². The molecule has 4 heterocycles. The largest absolute Gasteiger partial charge is 0.378 e. The first kappa shape index (κ1) is 24.1. The lowest BCUT2D eigenvalue weighted by atomic mass is 10.1. The van der Waals surface area contributed by atoms with Gasteiger partial charge in [0.2, 0.25) is 10.0 Å². The van der Waals surface area contributed by atoms with Crippen LogP contribution in [0.15, 0.2) is 30.5 Å². The Morgan fingerprint density at radius 1 is 1.23 bits per heavy atom. The smallest absolute Gasteiger partial charge is 0.213 e. The monoisotopic (exact) mass is 515 g/mol. The summed E-state index contributed by atoms with van der Waals surface area (Å²) in [4.78, 5) is 13.4. The Balaban J connectivity index is 1.41. The van der Waals surface area contributed by atoms with Crippen LogP contribution in [-0.4, -0.2) is 85.6 Å². The van der Waals surface area contributed by atoms with Gasteiger partial charge in [0.05, 0.1) is 40.9 Å². The number of hydrogen-bond acceptors (Lipinski definition) is 9. The number of morpholine rings is 1. The van der Waals surface area contributed by atoms with Crippen molar-refractivity contribution in [3.8, 4) is 11.4 Å². The topological polar surface area (TPSA) is 116 Å². The summed E-state index contributed by atoms with van der Waals surface area (Å²) in [5.41, 5.74) is 2.81. The summed E-state index contributed by atoms with van der Waals surface area (Å²) in [5, 5.41) is 11.6. The summed E-state index contributed by atoms with van der Waals surface area (Å²) >= 11 is 1.68. The summed E-state index contributed by atoms with van der Waals surface area (Å²) < 4.78 is 31.8. The number of hydrogen-bond donors (Lipinski definition) is 2. The number of nitrogens with one attached hydrogen (secondary N) is 2. The molecule has 0 aliphatic carbocycles. The first-order valence-corrected chi connectivity index (χ1v) is 14.0. The highest BCUT2D eigenvalue weighted by molar-refractivity contribution is 7.89. The van der Waals surface area contributed by atoms with Gasteiger partial charge in [-0.05, 0) is 25.1 Å². The minimum atomic E-state index is -3.17. The van der Waals surface area contributed by atoms with E-state index in [4.69, 9.17) is 14.7 Å². The van der Waals surface area contributed by atoms with Crippen molar-refractivity contribution in [2.24, 2.45) is 0 Å². The fourth-order valence-electron chi connectivity index (χ4n) is 4.10. The predicted molar refractivity (Wildman–Crippen MR) is 139 cm³/mol. The first-order chi connectivity index (χ1) is 16.9. The summed E-state index contributed by atoms with van der Waals surface area (Å²) in [6.45, 7) is 4.19. The van der Waals surface area contributed by atoms with Crippen molar-refractivity contribution in [1.82, 2.24) is 29.8 Å². The number of nitrogens with zero attached hydrogens (tertiary/aromatic N) is 5. The molecule has 186 valence electrons. The van der Waals surface area contributed by atoms with Crippen LogP contribution in [0.2, 0.25) is 0 Å². The Morgan fingerprint density at radius 3 is 2.86 bits per heavy atom. The van der Waals surface area contributed by atoms with E-state index in [0.29, 0.717) is 38.5 Å². The number of anilines is 1. The Kier molecular flexibility index (Phi) is 6.98. The van der Waals surface area contributed by atoms with Gasteiger partial charge in [-0.15, -0.1) is 11.3 Å². The number of aromatic amines is 1. The lowest BCUT2D eigenvalue weighted by Crippen LogP contribution is -2.36. The summed E-state index contributed by atoms with van der Waals surface area (Å²) in [6.07, 6.45) is 2.37. The van der Waals surface area contributed by atoms with E-state index in [1.807, 2.05) is 24.4 Å². The molecule has 35 heavy (non-hydrogen) atoms. The zero-order valence-electron chi connectivity index (χ0n) is 19.8. The Labute approximate surface area is 208 Å². The minimum absolute atomic E-state index is 0.134. The van der Waals surface area contributed by atoms with E-state index >= 15 is 0 Å². The molecule has 10 nitrogen and oxygen atoms in total. The van der Waals surface area contributed by atoms with Gasteiger partial charge in [0.1, 0.15) is 0 Å². The van der Waals surface area contributed by atoms with E-state index in [2.05, 4.69) is 26.5 Å². The molecule has 1 aromatic carbocycles. The molecule has 1 aliphatic heterocycles. The van der Waals surface area contributed by atoms with Crippen LogP contribution in [0.5, 0.6) is 0 Å². The molecule has 0 atom stereocenters. The van der Waals surface area contributed by atoms with Crippen LogP contribution in [-0.2, 0) is 21.3 Å². The Hall–Kier alpha value is -2.64. The Morgan fingerprint density at radius 2 is 2.06 bits per heavy atom. The van der Waals surface area contributed by atoms with Crippen molar-refractivity contribution in [1.29, 1.82) is 0 Å². The van der Waals surface area contributed by atoms with Gasteiger partial charge in [0.15, 0.2) is 11.6 Å². The number of H-pyrrole nitrogens is 1. The van der Waals surface area contributed by atoms with E-state index in [9.17, 15) is 8.42 Å². The van der Waals surface area contributed by atoms with Gasteiger partial charge in [-0.3, -0.25) is 5.10 Å². The van der Waals surface area contributed by atoms with E-state index in [1.54, 1.807) is 25.4 Å². The molecule has 0 unspecified atom stereocenters. The second kappa shape index (κ2) is 10.2. The molecule has 0 spiro atoms. The van der Waals surface area contributed by atoms with Crippen molar-refractivity contribution in [2.75, 3.05) is 57.6 Å². The minimum Gasteiger partial charge on any atom is -0.378 e. The lowest BCUT2D eigenvalue weighted by Gasteiger charge is -2.28. The van der Waals surface area contributed by atoms with Gasteiger partial charge in [0, 0.05) is 49.6 Å². The van der Waals surface area contributed by atoms with Gasteiger partial charge in [-0.1, -0.05) is 12.1 Å². The molecule has 0 amide bonds. The number of aromatic nitrogens is 4. The van der Waals surface area contributed by atoms with Crippen LogP contribution < -0.4 is 10.2 Å². The molecule has 3 aromatic heterocycles. The average Bonchev–Trinajstić information content (AvgIpc) is 3.50. The standard InChI is InChI=1S/C23H29N7O3S2/c1-29(2)35(31,32)12-4-7-24-14-16-13-20-21(34-16)23(30-8-10-33-11-9-30)27-22(26-20)17-5-3-6-19-18(17)15-25-28-19/h3,5-6,13,15,24H,4,7-12,14H2,1-2H3,(H,25,28). The predicted octanol–water partition coefficient (Wildman–Crippen LogP) is 2.44. The van der Waals surface area contributed by atoms with Crippen molar-refractivity contribution in [3.05, 3.63) is 35.3 Å². The Bertz CT molecular complexity index is 1430. The average molecular weight is 516 g/mol. The normalized spacial score (nSPS) is 15.0. The fourth-order valence-corrected chi connectivity index (χ4v) is 6.05. The van der Waals surface area contributed by atoms with E-state index < -0.39 is 10.0 Å². The number of thiophene rings is 1. The number of ether oxygens (including phenoxy) is 1. The van der Waals surface area contributed by atoms with Crippen molar-refractivity contribution < 1.29 is 13.2 Å². The van der Waals surface area contributed by atoms with Crippen LogP contribution >= 0.6 is 11.3 Å². The second-order valence-electron chi connectivity index (χ2n) is 8.66. The highest BCUT2D eigenvalue weighted by Gasteiger charge is 2.21. The van der Waals surface area contributed by atoms with Crippen molar-refractivity contribution >= 4 is 48.3 Å². The van der Waals surface area contributed by atoms with Gasteiger partial charge in [-0.25, -0.2) is 22.7 Å². The van der Waals surface area contributed by atoms with Gasteiger partial charge < -0.3 is 15.0 Å². The van der Waals surface area contributed by atoms with E-state index in [-0.39, 0.29) is 5.75 Å². The summed E-state index contributed by atoms with van der Waals surface area (Å²) in [7, 11) is -0.0416. The number of rotatable bonds is 9. The third kappa shape index (κ3) is 5.16. The molecule has 5 rings (SSSR count). The molecule has 1 saturated heterocycles. The number of benzene rings is 1. The molecule has 2 N–H and O–H groups in total. The zero-order chi connectivity index (χ0) is 24.4. The zero-order valence-corrected chi connectivity index (χ0v) is 21.5. The van der Waals surface area contributed by atoms with E-state index in [0.717, 1.165) is 50.5 Å². The maximum Gasteiger partial charge on any atom is 0.213 e. The van der Waals surface area contributed by atoms with Crippen LogP contribution in [0.1, 0.15) is 11.3 Å². The third-order valence-electron chi connectivity index (χ3n) is 6.05. The highest BCUT2D eigenvalue weighted by atomic mass is 32.2. The maximum absolute atomic E-state index is 11.9. The third-order valence-corrected chi connectivity index (χ3v) is 9.09. The molecule has 0 saturated carbocycles. The lowest BCUT2D eigenvalue weighted by molar-refractivity contribution is 0.122. The van der Waals surface area contributed by atoms with Crippen molar-refractivity contribution in [2.45, 2.75) is 13.0 Å². The van der Waals surface area contributed by atoms with Crippen LogP contribution in [0.3, 0.4) is 0 Å². The molecule has 12 heteroatoms. The van der Waals surface area contributed by atoms with Crippen LogP contribution in [0.4, 0.5) is 5.82 Å². The van der Waals surface area contributed by atoms with Gasteiger partial charge in [-0.2, -0.15) is 5.10 Å². The van der Waals surface area contributed by atoms with Crippen LogP contribution in [0.25, 0.3) is 32.5 Å². The van der Waals surface area contributed by atoms with Crippen LogP contribution in [0, 0.1) is 0 Å². The highest BCUT2D eigenvalue weighted by Crippen LogP contribution is 2.35. The molecular weight excluding hydrogens is 486 g/mol. The molecule has 4 aromatic rings. The quantitative estimate of drug-likeness (QED) is 0.327. The fraction of sp³-hybridized carbons (Fsp3) is 0.435. The van der Waals surface area contributed by atoms with Gasteiger partial charge in [0.25, 0.3) is 0 Å². The second-order valence-corrected chi connectivity index (χ2v) is 12.1. The molecular formula is C23H29N7O3S2. The first-order valence-electron chi connectivity index (χ1n) is 11.6. The SMILES string of the molecule is CN(C)S(=O)(=O)CCCNCc1cc2nc(-c3cccc4[nH]ncc34)nc(N3CCOCC3)c2s1. The summed E-state index contributed by atoms with van der Waals surface area (Å²) in [6, 6.07) is 8.11. The molecule has 0 radical (unpaired) electrons. The molecule has 1 aliphatic rings. The molecule has 0 bridgehead atoms.